The summed E-state index contributed by atoms with van der Waals surface area (Å²) in [5.74, 6) is 5.45. The van der Waals surface area contributed by atoms with Gasteiger partial charge in [0.15, 0.2) is 0 Å². The molecule has 3 N–H and O–H groups in total. The van der Waals surface area contributed by atoms with E-state index in [1.165, 1.54) is 0 Å². The molecule has 0 atom stereocenters. The van der Waals surface area contributed by atoms with E-state index in [0.717, 1.165) is 12.7 Å². The third-order valence-corrected chi connectivity index (χ3v) is 2.04. The van der Waals surface area contributed by atoms with Crippen LogP contribution >= 0.6 is 0 Å². The quantitative estimate of drug-likeness (QED) is 0.435. The normalized spacial score (nSPS) is 10.4. The van der Waals surface area contributed by atoms with Crippen molar-refractivity contribution >= 4 is 11.5 Å². The highest BCUT2D eigenvalue weighted by molar-refractivity contribution is 5.60. The Morgan fingerprint density at radius 3 is 2.82 bits per heavy atom. The molecule has 0 aliphatic rings. The van der Waals surface area contributed by atoms with Crippen LogP contribution in [0, 0.1) is 16.0 Å². The molecule has 17 heavy (non-hydrogen) atoms. The van der Waals surface area contributed by atoms with Crippen molar-refractivity contribution in [3.8, 4) is 5.88 Å². The maximum Gasteiger partial charge on any atom is 0.374 e. The number of hydrogen-bond acceptors (Lipinski definition) is 7. The largest absolute Gasteiger partial charge is 0.473 e. The van der Waals surface area contributed by atoms with Crippen LogP contribution in [0.1, 0.15) is 20.3 Å². The van der Waals surface area contributed by atoms with Crippen molar-refractivity contribution in [2.75, 3.05) is 12.0 Å². The molecule has 1 aromatic rings. The molecule has 0 aliphatic heterocycles. The van der Waals surface area contributed by atoms with Gasteiger partial charge in [-0.05, 0) is 12.3 Å². The van der Waals surface area contributed by atoms with Crippen LogP contribution in [-0.2, 0) is 0 Å². The zero-order chi connectivity index (χ0) is 12.8. The monoisotopic (exact) mass is 241 g/mol. The van der Waals surface area contributed by atoms with E-state index in [1.807, 2.05) is 13.8 Å². The number of hydrazine groups is 1. The van der Waals surface area contributed by atoms with Crippen LogP contribution in [0.15, 0.2) is 6.33 Å². The van der Waals surface area contributed by atoms with E-state index in [9.17, 15) is 10.1 Å². The van der Waals surface area contributed by atoms with E-state index in [2.05, 4.69) is 15.4 Å². The van der Waals surface area contributed by atoms with Crippen molar-refractivity contribution in [3.05, 3.63) is 16.4 Å². The van der Waals surface area contributed by atoms with Gasteiger partial charge in [0, 0.05) is 0 Å². The van der Waals surface area contributed by atoms with Gasteiger partial charge in [0.1, 0.15) is 6.33 Å². The van der Waals surface area contributed by atoms with Crippen LogP contribution in [0.5, 0.6) is 5.88 Å². The van der Waals surface area contributed by atoms with Crippen molar-refractivity contribution in [1.29, 1.82) is 0 Å². The van der Waals surface area contributed by atoms with Gasteiger partial charge >= 0.3 is 5.69 Å². The third kappa shape index (κ3) is 3.52. The molecule has 8 heteroatoms. The molecule has 94 valence electrons. The highest BCUT2D eigenvalue weighted by atomic mass is 16.6. The van der Waals surface area contributed by atoms with E-state index in [1.54, 1.807) is 0 Å². The number of nitrogens with one attached hydrogen (secondary N) is 1. The fraction of sp³-hybridized carbons (Fsp3) is 0.556. The Bertz CT molecular complexity index is 396. The average Bonchev–Trinajstić information content (AvgIpc) is 2.27. The molecule has 0 aromatic carbocycles. The van der Waals surface area contributed by atoms with E-state index in [-0.39, 0.29) is 17.4 Å². The number of rotatable bonds is 6. The van der Waals surface area contributed by atoms with Crippen molar-refractivity contribution < 1.29 is 9.66 Å². The Balaban J connectivity index is 2.87. The zero-order valence-corrected chi connectivity index (χ0v) is 9.71. The Morgan fingerprint density at radius 2 is 2.29 bits per heavy atom. The first-order chi connectivity index (χ1) is 8.06. The fourth-order valence-corrected chi connectivity index (χ4v) is 1.13. The van der Waals surface area contributed by atoms with Crippen molar-refractivity contribution in [2.45, 2.75) is 20.3 Å². The summed E-state index contributed by atoms with van der Waals surface area (Å²) in [6.45, 7) is 4.43. The highest BCUT2D eigenvalue weighted by Crippen LogP contribution is 2.30. The van der Waals surface area contributed by atoms with Gasteiger partial charge in [0.25, 0.3) is 5.88 Å². The van der Waals surface area contributed by atoms with Crippen LogP contribution in [0.4, 0.5) is 11.5 Å². The molecule has 0 amide bonds. The number of nitrogens with zero attached hydrogens (tertiary/aromatic N) is 3. The first kappa shape index (κ1) is 13.1. The number of ether oxygens (including phenoxy) is 1. The lowest BCUT2D eigenvalue weighted by Crippen LogP contribution is -2.13. The molecule has 0 fully saturated rings. The number of hydrogen-bond donors (Lipinski definition) is 2. The lowest BCUT2D eigenvalue weighted by molar-refractivity contribution is -0.385. The van der Waals surface area contributed by atoms with Gasteiger partial charge in [-0.1, -0.05) is 13.8 Å². The third-order valence-electron chi connectivity index (χ3n) is 2.04. The van der Waals surface area contributed by atoms with Gasteiger partial charge in [-0.15, -0.1) is 0 Å². The Morgan fingerprint density at radius 1 is 1.59 bits per heavy atom. The molecule has 1 aromatic heterocycles. The first-order valence-electron chi connectivity index (χ1n) is 5.15. The minimum atomic E-state index is -0.625. The van der Waals surface area contributed by atoms with Crippen LogP contribution in [0.25, 0.3) is 0 Å². The number of aromatic nitrogens is 2. The summed E-state index contributed by atoms with van der Waals surface area (Å²) >= 11 is 0. The summed E-state index contributed by atoms with van der Waals surface area (Å²) in [7, 11) is 0. The zero-order valence-electron chi connectivity index (χ0n) is 9.71. The number of anilines is 1. The van der Waals surface area contributed by atoms with Gasteiger partial charge in [0.2, 0.25) is 5.82 Å². The summed E-state index contributed by atoms with van der Waals surface area (Å²) < 4.78 is 5.26. The van der Waals surface area contributed by atoms with Crippen LogP contribution in [-0.4, -0.2) is 21.5 Å². The van der Waals surface area contributed by atoms with Gasteiger partial charge < -0.3 is 10.2 Å². The molecule has 0 saturated heterocycles. The van der Waals surface area contributed by atoms with Gasteiger partial charge in [0.05, 0.1) is 11.5 Å². The van der Waals surface area contributed by atoms with E-state index in [4.69, 9.17) is 10.6 Å². The molecule has 0 aliphatic carbocycles. The van der Waals surface area contributed by atoms with Gasteiger partial charge in [-0.2, -0.15) is 4.98 Å². The molecule has 1 rings (SSSR count). The highest BCUT2D eigenvalue weighted by Gasteiger charge is 2.23. The number of nitrogens with two attached hydrogens (primary N) is 1. The minimum Gasteiger partial charge on any atom is -0.473 e. The maximum atomic E-state index is 10.8. The van der Waals surface area contributed by atoms with E-state index < -0.39 is 4.92 Å². The maximum absolute atomic E-state index is 10.8. The molecular weight excluding hydrogens is 226 g/mol. The Kier molecular flexibility index (Phi) is 4.58. The topological polar surface area (TPSA) is 116 Å². The smallest absolute Gasteiger partial charge is 0.374 e. The first-order valence-corrected chi connectivity index (χ1v) is 5.15. The summed E-state index contributed by atoms with van der Waals surface area (Å²) in [4.78, 5) is 17.6. The SMILES string of the molecule is CC(C)CCOc1ncnc(NN)c1[N+](=O)[O-]. The predicted molar refractivity (Wildman–Crippen MR) is 61.4 cm³/mol. The molecule has 0 radical (unpaired) electrons. The molecule has 8 nitrogen and oxygen atoms in total. The standard InChI is InChI=1S/C9H15N5O3/c1-6(2)3-4-17-9-7(14(15)16)8(13-10)11-5-12-9/h5-6H,3-4,10H2,1-2H3,(H,11,12,13). The van der Waals surface area contributed by atoms with Crippen LogP contribution in [0.2, 0.25) is 0 Å². The molecule has 0 bridgehead atoms. The Labute approximate surface area is 98.3 Å². The van der Waals surface area contributed by atoms with Crippen molar-refractivity contribution in [3.63, 3.8) is 0 Å². The molecular formula is C9H15N5O3. The summed E-state index contributed by atoms with van der Waals surface area (Å²) in [6, 6.07) is 0. The average molecular weight is 241 g/mol. The predicted octanol–water partition coefficient (Wildman–Crippen LogP) is 1.10. The minimum absolute atomic E-state index is 0.0652. The fourth-order valence-electron chi connectivity index (χ4n) is 1.13. The second kappa shape index (κ2) is 5.94. The number of nitrogen functional groups attached to an aromatic ring is 1. The lowest BCUT2D eigenvalue weighted by atomic mass is 10.1. The molecule has 0 saturated carbocycles. The van der Waals surface area contributed by atoms with Gasteiger partial charge in [-0.25, -0.2) is 10.8 Å². The second-order valence-electron chi connectivity index (χ2n) is 3.81. The van der Waals surface area contributed by atoms with Gasteiger partial charge in [-0.3, -0.25) is 10.1 Å². The Hall–Kier alpha value is -1.96. The van der Waals surface area contributed by atoms with E-state index >= 15 is 0 Å². The molecule has 1 heterocycles. The van der Waals surface area contributed by atoms with Crippen molar-refractivity contribution in [2.24, 2.45) is 11.8 Å². The number of nitro groups is 1. The summed E-state index contributed by atoms with van der Waals surface area (Å²) in [5.41, 5.74) is 1.80. The lowest BCUT2D eigenvalue weighted by Gasteiger charge is -2.08. The van der Waals surface area contributed by atoms with Crippen molar-refractivity contribution in [1.82, 2.24) is 9.97 Å². The van der Waals surface area contributed by atoms with E-state index in [0.29, 0.717) is 12.5 Å². The second-order valence-corrected chi connectivity index (χ2v) is 3.81. The molecule has 0 spiro atoms. The molecule has 0 unspecified atom stereocenters. The van der Waals surface area contributed by atoms with Crippen LogP contribution < -0.4 is 16.0 Å². The summed E-state index contributed by atoms with van der Waals surface area (Å²) in [5, 5.41) is 10.8. The summed E-state index contributed by atoms with van der Waals surface area (Å²) in [6.07, 6.45) is 1.94. The van der Waals surface area contributed by atoms with Crippen LogP contribution in [0.3, 0.4) is 0 Å².